The van der Waals surface area contributed by atoms with E-state index in [1.807, 2.05) is 24.3 Å². The van der Waals surface area contributed by atoms with Crippen molar-refractivity contribution < 1.29 is 29.6 Å². The molecule has 0 radical (unpaired) electrons. The number of hydrogen-bond acceptors (Lipinski definition) is 5. The Hall–Kier alpha value is -2.62. The number of methoxy groups -OCH3 is 1. The summed E-state index contributed by atoms with van der Waals surface area (Å²) in [6.45, 7) is 0. The largest absolute Gasteiger partial charge is 0.497 e. The molecule has 1 fully saturated rings. The maximum Gasteiger partial charge on any atom is 0.327 e. The van der Waals surface area contributed by atoms with Gasteiger partial charge in [-0.1, -0.05) is 36.5 Å². The average molecular weight is 400 g/mol. The van der Waals surface area contributed by atoms with Crippen LogP contribution in [-0.4, -0.2) is 46.4 Å². The Morgan fingerprint density at radius 3 is 2.90 bits per heavy atom. The number of hydrogen-bond donors (Lipinski definition) is 3. The van der Waals surface area contributed by atoms with Crippen LogP contribution < -0.4 is 4.74 Å². The van der Waals surface area contributed by atoms with Crippen molar-refractivity contribution in [1.82, 2.24) is 0 Å². The van der Waals surface area contributed by atoms with Gasteiger partial charge >= 0.3 is 5.97 Å². The zero-order valence-electron chi connectivity index (χ0n) is 16.6. The van der Waals surface area contributed by atoms with E-state index in [-0.39, 0.29) is 18.1 Å². The maximum absolute atomic E-state index is 12.2. The standard InChI is InChI=1S/C23H28O6/c1-29-18-8-6-7-16(14-18)13-17(24)11-12-20-19(21(25)15-22(20)26)9-4-2-3-5-10-23(27)28/h5-8,10,14,17,19-20,22,24,26H,2-4,9,13,15H2,1H3,(H,27,28)/b10-5+/t17?,19-,20-,22-/m1/s1. The fourth-order valence-electron chi connectivity index (χ4n) is 3.57. The lowest BCUT2D eigenvalue weighted by atomic mass is 9.89. The molecule has 0 amide bonds. The Morgan fingerprint density at radius 2 is 2.17 bits per heavy atom. The minimum absolute atomic E-state index is 0.000151. The first-order valence-electron chi connectivity index (χ1n) is 9.83. The van der Waals surface area contributed by atoms with Crippen molar-refractivity contribution in [2.24, 2.45) is 11.8 Å². The Bertz CT molecular complexity index is 788. The van der Waals surface area contributed by atoms with E-state index in [1.165, 1.54) is 0 Å². The molecule has 0 heterocycles. The topological polar surface area (TPSA) is 104 Å². The number of rotatable bonds is 9. The number of ketones is 1. The molecule has 3 N–H and O–H groups in total. The first kappa shape index (κ1) is 22.7. The molecule has 156 valence electrons. The molecule has 1 aromatic rings. The minimum Gasteiger partial charge on any atom is -0.497 e. The van der Waals surface area contributed by atoms with Crippen molar-refractivity contribution in [1.29, 1.82) is 0 Å². The number of carbonyl (C=O) groups is 2. The third kappa shape index (κ3) is 7.37. The van der Waals surface area contributed by atoms with Crippen LogP contribution in [0, 0.1) is 23.7 Å². The van der Waals surface area contributed by atoms with E-state index in [0.29, 0.717) is 25.0 Å². The van der Waals surface area contributed by atoms with Gasteiger partial charge in [0.05, 0.1) is 19.1 Å². The normalized spacial score (nSPS) is 22.3. The molecule has 0 aliphatic heterocycles. The number of ether oxygens (including phenoxy) is 1. The fraction of sp³-hybridized carbons (Fsp3) is 0.478. The zero-order valence-corrected chi connectivity index (χ0v) is 16.6. The third-order valence-corrected chi connectivity index (χ3v) is 5.05. The van der Waals surface area contributed by atoms with Crippen LogP contribution in [-0.2, 0) is 16.0 Å². The predicted octanol–water partition coefficient (Wildman–Crippen LogP) is 2.37. The van der Waals surface area contributed by atoms with E-state index >= 15 is 0 Å². The van der Waals surface area contributed by atoms with Crippen LogP contribution in [0.25, 0.3) is 0 Å². The van der Waals surface area contributed by atoms with Crippen molar-refractivity contribution in [2.75, 3.05) is 7.11 Å². The predicted molar refractivity (Wildman–Crippen MR) is 108 cm³/mol. The molecule has 2 rings (SSSR count). The first-order valence-corrected chi connectivity index (χ1v) is 9.83. The number of aliphatic hydroxyl groups is 2. The van der Waals surface area contributed by atoms with Gasteiger partial charge in [-0.25, -0.2) is 4.79 Å². The first-order chi connectivity index (χ1) is 13.9. The Balaban J connectivity index is 1.91. The molecule has 1 unspecified atom stereocenters. The van der Waals surface area contributed by atoms with Gasteiger partial charge in [0.25, 0.3) is 0 Å². The van der Waals surface area contributed by atoms with Crippen LogP contribution in [0.15, 0.2) is 36.4 Å². The van der Waals surface area contributed by atoms with Crippen LogP contribution in [0.4, 0.5) is 0 Å². The maximum atomic E-state index is 12.2. The molecule has 1 aliphatic rings. The van der Waals surface area contributed by atoms with Gasteiger partial charge in [0.15, 0.2) is 0 Å². The third-order valence-electron chi connectivity index (χ3n) is 5.05. The van der Waals surface area contributed by atoms with E-state index in [0.717, 1.165) is 24.5 Å². The van der Waals surface area contributed by atoms with E-state index in [1.54, 1.807) is 13.2 Å². The number of carboxylic acids is 1. The number of benzene rings is 1. The summed E-state index contributed by atoms with van der Waals surface area (Å²) in [5.41, 5.74) is 0.889. The number of carbonyl (C=O) groups excluding carboxylic acids is 1. The quantitative estimate of drug-likeness (QED) is 0.334. The second-order valence-corrected chi connectivity index (χ2v) is 7.26. The van der Waals surface area contributed by atoms with Crippen molar-refractivity contribution >= 4 is 11.8 Å². The van der Waals surface area contributed by atoms with E-state index < -0.39 is 24.1 Å². The molecule has 0 saturated heterocycles. The summed E-state index contributed by atoms with van der Waals surface area (Å²) >= 11 is 0. The SMILES string of the molecule is COc1cccc(CC(O)C#C[C@H]2[C@H](O)CC(=O)[C@@H]2CCCC/C=C/C(=O)O)c1. The van der Waals surface area contributed by atoms with Gasteiger partial charge in [-0.3, -0.25) is 4.79 Å². The zero-order chi connectivity index (χ0) is 21.2. The highest BCUT2D eigenvalue weighted by molar-refractivity contribution is 5.85. The van der Waals surface area contributed by atoms with Crippen LogP contribution in [0.1, 0.15) is 37.7 Å². The van der Waals surface area contributed by atoms with Crippen LogP contribution in [0.3, 0.4) is 0 Å². The molecule has 29 heavy (non-hydrogen) atoms. The highest BCUT2D eigenvalue weighted by Gasteiger charge is 2.40. The van der Waals surface area contributed by atoms with Crippen LogP contribution in [0.2, 0.25) is 0 Å². The lowest BCUT2D eigenvalue weighted by molar-refractivity contribution is -0.131. The number of aliphatic carboxylic acids is 1. The van der Waals surface area contributed by atoms with Gasteiger partial charge < -0.3 is 20.1 Å². The van der Waals surface area contributed by atoms with Crippen molar-refractivity contribution in [3.8, 4) is 17.6 Å². The van der Waals surface area contributed by atoms with E-state index in [4.69, 9.17) is 9.84 Å². The van der Waals surface area contributed by atoms with Gasteiger partial charge in [-0.15, -0.1) is 0 Å². The average Bonchev–Trinajstić information content (AvgIpc) is 2.95. The molecule has 4 atom stereocenters. The molecule has 0 spiro atoms. The van der Waals surface area contributed by atoms with Gasteiger partial charge in [0.1, 0.15) is 17.6 Å². The lowest BCUT2D eigenvalue weighted by Gasteiger charge is -2.15. The number of allylic oxidation sites excluding steroid dienone is 1. The van der Waals surface area contributed by atoms with Gasteiger partial charge in [-0.2, -0.15) is 0 Å². The number of carboxylic acid groups (broad SMARTS) is 1. The van der Waals surface area contributed by atoms with Crippen molar-refractivity contribution in [2.45, 2.75) is 50.7 Å². The second-order valence-electron chi connectivity index (χ2n) is 7.26. The molecule has 6 heteroatoms. The molecule has 0 aromatic heterocycles. The summed E-state index contributed by atoms with van der Waals surface area (Å²) in [7, 11) is 1.58. The molecule has 0 bridgehead atoms. The van der Waals surface area contributed by atoms with Crippen molar-refractivity contribution in [3.05, 3.63) is 42.0 Å². The van der Waals surface area contributed by atoms with Gasteiger partial charge in [0, 0.05) is 24.8 Å². The van der Waals surface area contributed by atoms with Crippen molar-refractivity contribution in [3.63, 3.8) is 0 Å². The summed E-state index contributed by atoms with van der Waals surface area (Å²) in [5, 5.41) is 29.0. The number of aliphatic hydroxyl groups excluding tert-OH is 2. The van der Waals surface area contributed by atoms with E-state index in [2.05, 4.69) is 11.8 Å². The smallest absolute Gasteiger partial charge is 0.327 e. The summed E-state index contributed by atoms with van der Waals surface area (Å²) in [6, 6.07) is 7.38. The molecule has 1 aliphatic carbocycles. The number of Topliss-reactive ketones (excluding diaryl/α,β-unsaturated/α-hetero) is 1. The summed E-state index contributed by atoms with van der Waals surface area (Å²) in [4.78, 5) is 22.7. The van der Waals surface area contributed by atoms with Crippen LogP contribution in [0.5, 0.6) is 5.75 Å². The fourth-order valence-corrected chi connectivity index (χ4v) is 3.57. The second kappa shape index (κ2) is 11.4. The Morgan fingerprint density at radius 1 is 1.38 bits per heavy atom. The Labute approximate surface area is 171 Å². The summed E-state index contributed by atoms with van der Waals surface area (Å²) < 4.78 is 5.17. The van der Waals surface area contributed by atoms with Gasteiger partial charge in [-0.05, 0) is 37.0 Å². The van der Waals surface area contributed by atoms with Gasteiger partial charge in [0.2, 0.25) is 0 Å². The van der Waals surface area contributed by atoms with Crippen LogP contribution >= 0.6 is 0 Å². The monoisotopic (exact) mass is 400 g/mol. The molecular weight excluding hydrogens is 372 g/mol. The van der Waals surface area contributed by atoms with E-state index in [9.17, 15) is 19.8 Å². The number of unbranched alkanes of at least 4 members (excludes halogenated alkanes) is 2. The lowest BCUT2D eigenvalue weighted by Crippen LogP contribution is -2.20. The molecule has 6 nitrogen and oxygen atoms in total. The highest BCUT2D eigenvalue weighted by Crippen LogP contribution is 2.32. The highest BCUT2D eigenvalue weighted by atomic mass is 16.5. The summed E-state index contributed by atoms with van der Waals surface area (Å²) in [5.74, 6) is 4.64. The minimum atomic E-state index is -0.970. The summed E-state index contributed by atoms with van der Waals surface area (Å²) in [6.07, 6.45) is 4.18. The molecular formula is C23H28O6. The Kier molecular flexibility index (Phi) is 8.91. The molecule has 1 aromatic carbocycles. The molecule has 1 saturated carbocycles.